The third-order valence-corrected chi connectivity index (χ3v) is 6.50. The van der Waals surface area contributed by atoms with E-state index in [1.165, 1.54) is 18.2 Å². The first-order valence-electron chi connectivity index (χ1n) is 9.83. The van der Waals surface area contributed by atoms with Crippen LogP contribution in [0.15, 0.2) is 29.3 Å². The maximum Gasteiger partial charge on any atom is 0.262 e. The molecule has 7 nitrogen and oxygen atoms in total. The van der Waals surface area contributed by atoms with Crippen molar-refractivity contribution in [1.29, 1.82) is 0 Å². The number of thioether (sulfide) groups is 1. The number of carbonyl (C=O) groups is 3. The van der Waals surface area contributed by atoms with Crippen molar-refractivity contribution in [2.45, 2.75) is 37.4 Å². The number of amides is 3. The highest BCUT2D eigenvalue weighted by molar-refractivity contribution is 8.15. The molecule has 3 aliphatic rings. The van der Waals surface area contributed by atoms with Crippen molar-refractivity contribution >= 4 is 40.3 Å². The average Bonchev–Trinajstić information content (AvgIpc) is 3.02. The van der Waals surface area contributed by atoms with E-state index in [0.717, 1.165) is 50.6 Å². The summed E-state index contributed by atoms with van der Waals surface area (Å²) in [7, 11) is 0. The molecule has 0 bridgehead atoms. The first-order valence-corrected chi connectivity index (χ1v) is 10.7. The van der Waals surface area contributed by atoms with E-state index < -0.39 is 5.25 Å². The summed E-state index contributed by atoms with van der Waals surface area (Å²) < 4.78 is 0. The van der Waals surface area contributed by atoms with Gasteiger partial charge in [0, 0.05) is 43.9 Å². The van der Waals surface area contributed by atoms with Crippen molar-refractivity contribution in [1.82, 2.24) is 9.80 Å². The summed E-state index contributed by atoms with van der Waals surface area (Å²) in [6.07, 6.45) is 4.61. The van der Waals surface area contributed by atoms with Crippen molar-refractivity contribution in [3.8, 4) is 0 Å². The number of benzene rings is 1. The molecular weight excluding hydrogens is 376 g/mol. The van der Waals surface area contributed by atoms with Crippen LogP contribution >= 0.6 is 11.8 Å². The Bertz CT molecular complexity index is 798. The number of piperidine rings is 1. The SMILES string of the molecule is O=C(C[C@@H]1SC(N2CCCCC2)=NC1=O)Nc1ccc(C(=O)N2CCC2)cc1. The number of hydrogen-bond acceptors (Lipinski definition) is 5. The van der Waals surface area contributed by atoms with Crippen molar-refractivity contribution in [3.05, 3.63) is 29.8 Å². The van der Waals surface area contributed by atoms with Crippen LogP contribution in [0.4, 0.5) is 5.69 Å². The fourth-order valence-corrected chi connectivity index (χ4v) is 4.63. The predicted molar refractivity (Wildman–Crippen MR) is 109 cm³/mol. The molecule has 8 heteroatoms. The molecule has 3 amide bonds. The van der Waals surface area contributed by atoms with E-state index in [4.69, 9.17) is 0 Å². The predicted octanol–water partition coefficient (Wildman–Crippen LogP) is 2.34. The molecule has 2 fully saturated rings. The standard InChI is InChI=1S/C20H24N4O3S/c25-17(13-16-18(26)22-20(28-16)24-9-2-1-3-10-24)21-15-7-5-14(6-8-15)19(27)23-11-4-12-23/h5-8,16H,1-4,9-13H2,(H,21,25)/t16-/m0/s1. The molecule has 3 aliphatic heterocycles. The van der Waals surface area contributed by atoms with E-state index >= 15 is 0 Å². The monoisotopic (exact) mass is 400 g/mol. The summed E-state index contributed by atoms with van der Waals surface area (Å²) in [5.74, 6) is -0.418. The smallest absolute Gasteiger partial charge is 0.262 e. The molecule has 4 rings (SSSR count). The second kappa shape index (κ2) is 8.34. The molecule has 148 valence electrons. The second-order valence-corrected chi connectivity index (χ2v) is 8.53. The van der Waals surface area contributed by atoms with E-state index in [9.17, 15) is 14.4 Å². The van der Waals surface area contributed by atoms with Gasteiger partial charge in [0.05, 0.1) is 0 Å². The summed E-state index contributed by atoms with van der Waals surface area (Å²) >= 11 is 1.40. The molecule has 0 spiro atoms. The van der Waals surface area contributed by atoms with Gasteiger partial charge in [-0.1, -0.05) is 11.8 Å². The molecule has 0 aromatic heterocycles. The van der Waals surface area contributed by atoms with E-state index in [2.05, 4.69) is 15.2 Å². The number of hydrogen-bond donors (Lipinski definition) is 1. The van der Waals surface area contributed by atoms with Gasteiger partial charge in [-0.3, -0.25) is 14.4 Å². The summed E-state index contributed by atoms with van der Waals surface area (Å²) in [5.41, 5.74) is 1.25. The quantitative estimate of drug-likeness (QED) is 0.839. The Morgan fingerprint density at radius 3 is 2.39 bits per heavy atom. The number of amidine groups is 1. The fraction of sp³-hybridized carbons (Fsp3) is 0.500. The van der Waals surface area contributed by atoms with Gasteiger partial charge in [0.1, 0.15) is 5.25 Å². The number of rotatable bonds is 4. The van der Waals surface area contributed by atoms with Gasteiger partial charge in [-0.05, 0) is 49.9 Å². The number of aliphatic imine (C=N–C) groups is 1. The van der Waals surface area contributed by atoms with Crippen LogP contribution in [0.5, 0.6) is 0 Å². The first kappa shape index (κ1) is 19.0. The molecule has 2 saturated heterocycles. The lowest BCUT2D eigenvalue weighted by molar-refractivity contribution is -0.121. The zero-order valence-electron chi connectivity index (χ0n) is 15.7. The Morgan fingerprint density at radius 1 is 1.04 bits per heavy atom. The van der Waals surface area contributed by atoms with Gasteiger partial charge < -0.3 is 15.1 Å². The van der Waals surface area contributed by atoms with Gasteiger partial charge in [-0.2, -0.15) is 4.99 Å². The zero-order chi connectivity index (χ0) is 19.5. The van der Waals surface area contributed by atoms with Crippen molar-refractivity contribution in [2.75, 3.05) is 31.5 Å². The highest BCUT2D eigenvalue weighted by Crippen LogP contribution is 2.29. The molecule has 0 saturated carbocycles. The highest BCUT2D eigenvalue weighted by atomic mass is 32.2. The van der Waals surface area contributed by atoms with Gasteiger partial charge in [-0.15, -0.1) is 0 Å². The Kier molecular flexibility index (Phi) is 5.66. The highest BCUT2D eigenvalue weighted by Gasteiger charge is 2.33. The van der Waals surface area contributed by atoms with E-state index in [-0.39, 0.29) is 24.1 Å². The minimum Gasteiger partial charge on any atom is -0.351 e. The molecular formula is C20H24N4O3S. The van der Waals surface area contributed by atoms with E-state index in [1.807, 2.05) is 0 Å². The molecule has 1 aromatic carbocycles. The maximum atomic E-state index is 12.4. The Hall–Kier alpha value is -2.35. The topological polar surface area (TPSA) is 82.1 Å². The second-order valence-electron chi connectivity index (χ2n) is 7.36. The zero-order valence-corrected chi connectivity index (χ0v) is 16.5. The van der Waals surface area contributed by atoms with E-state index in [1.54, 1.807) is 29.2 Å². The Balaban J connectivity index is 1.28. The van der Waals surface area contributed by atoms with Gasteiger partial charge in [0.25, 0.3) is 11.8 Å². The Labute approximate surface area is 168 Å². The molecule has 0 radical (unpaired) electrons. The van der Waals surface area contributed by atoms with Gasteiger partial charge >= 0.3 is 0 Å². The van der Waals surface area contributed by atoms with Crippen LogP contribution in [0, 0.1) is 0 Å². The van der Waals surface area contributed by atoms with Crippen molar-refractivity contribution in [2.24, 2.45) is 4.99 Å². The van der Waals surface area contributed by atoms with Crippen LogP contribution in [-0.4, -0.2) is 64.1 Å². The van der Waals surface area contributed by atoms with Gasteiger partial charge in [0.2, 0.25) is 5.91 Å². The first-order chi connectivity index (χ1) is 13.6. The normalized spacial score (nSPS) is 21.9. The van der Waals surface area contributed by atoms with Crippen LogP contribution in [-0.2, 0) is 9.59 Å². The molecule has 0 aliphatic carbocycles. The summed E-state index contributed by atoms with van der Waals surface area (Å²) in [5, 5.41) is 3.12. The molecule has 1 atom stereocenters. The summed E-state index contributed by atoms with van der Waals surface area (Å²) in [6, 6.07) is 6.90. The van der Waals surface area contributed by atoms with Crippen LogP contribution in [0.2, 0.25) is 0 Å². The third-order valence-electron chi connectivity index (χ3n) is 5.29. The molecule has 28 heavy (non-hydrogen) atoms. The van der Waals surface area contributed by atoms with E-state index in [0.29, 0.717) is 11.3 Å². The summed E-state index contributed by atoms with van der Waals surface area (Å²) in [4.78, 5) is 44.8. The minimum atomic E-state index is -0.454. The number of nitrogens with one attached hydrogen (secondary N) is 1. The Morgan fingerprint density at radius 2 is 1.75 bits per heavy atom. The van der Waals surface area contributed by atoms with Crippen LogP contribution in [0.3, 0.4) is 0 Å². The molecule has 3 heterocycles. The lowest BCUT2D eigenvalue weighted by Crippen LogP contribution is -2.41. The minimum absolute atomic E-state index is 0.0273. The van der Waals surface area contributed by atoms with Crippen LogP contribution in [0.1, 0.15) is 42.5 Å². The number of anilines is 1. The summed E-state index contributed by atoms with van der Waals surface area (Å²) in [6.45, 7) is 3.48. The van der Waals surface area contributed by atoms with Crippen LogP contribution in [0.25, 0.3) is 0 Å². The fourth-order valence-electron chi connectivity index (χ4n) is 3.51. The lowest BCUT2D eigenvalue weighted by atomic mass is 10.1. The van der Waals surface area contributed by atoms with Crippen molar-refractivity contribution in [3.63, 3.8) is 0 Å². The van der Waals surface area contributed by atoms with Gasteiger partial charge in [0.15, 0.2) is 5.17 Å². The average molecular weight is 401 g/mol. The number of likely N-dealkylation sites (tertiary alicyclic amines) is 2. The molecule has 1 aromatic rings. The number of carbonyl (C=O) groups excluding carboxylic acids is 3. The van der Waals surface area contributed by atoms with Crippen LogP contribution < -0.4 is 5.32 Å². The van der Waals surface area contributed by atoms with Crippen molar-refractivity contribution < 1.29 is 14.4 Å². The number of nitrogens with zero attached hydrogens (tertiary/aromatic N) is 3. The molecule has 1 N–H and O–H groups in total. The maximum absolute atomic E-state index is 12.4. The van der Waals surface area contributed by atoms with Gasteiger partial charge in [-0.25, -0.2) is 0 Å². The lowest BCUT2D eigenvalue weighted by Gasteiger charge is -2.30. The largest absolute Gasteiger partial charge is 0.351 e. The molecule has 0 unspecified atom stereocenters. The third kappa shape index (κ3) is 4.22.